The molecule has 1 aliphatic heterocycles. The molecule has 2 aromatic carbocycles. The highest BCUT2D eigenvalue weighted by Crippen LogP contribution is 2.34. The Hall–Kier alpha value is -2.95. The molecule has 1 heterocycles. The van der Waals surface area contributed by atoms with Gasteiger partial charge in [-0.25, -0.2) is 4.39 Å². The summed E-state index contributed by atoms with van der Waals surface area (Å²) in [6.07, 6.45) is 1.25. The topological polar surface area (TPSA) is 110 Å². The van der Waals surface area contributed by atoms with Crippen LogP contribution in [0, 0.1) is 15.9 Å². The molecule has 1 fully saturated rings. The number of nitro benzene ring substituents is 1. The third-order valence-electron chi connectivity index (χ3n) is 3.86. The van der Waals surface area contributed by atoms with E-state index in [1.165, 1.54) is 36.4 Å². The fourth-order valence-corrected chi connectivity index (χ4v) is 3.63. The predicted octanol–water partition coefficient (Wildman–Crippen LogP) is 4.72. The summed E-state index contributed by atoms with van der Waals surface area (Å²) in [6.45, 7) is -0.584. The molecule has 0 spiro atoms. The van der Waals surface area contributed by atoms with Crippen LogP contribution in [0.4, 0.5) is 20.6 Å². The zero-order valence-corrected chi connectivity index (χ0v) is 17.1. The number of imide groups is 1. The van der Waals surface area contributed by atoms with Crippen LogP contribution >= 0.6 is 35.0 Å². The largest absolute Gasteiger partial charge is 0.324 e. The molecule has 1 saturated heterocycles. The van der Waals surface area contributed by atoms with Crippen molar-refractivity contribution in [1.82, 2.24) is 4.90 Å². The molecule has 154 valence electrons. The number of benzene rings is 2. The summed E-state index contributed by atoms with van der Waals surface area (Å²) in [5, 5.41) is 12.6. The highest BCUT2D eigenvalue weighted by atomic mass is 35.5. The third kappa shape index (κ3) is 4.78. The number of carbonyl (C=O) groups is 3. The number of hydrogen-bond acceptors (Lipinski definition) is 6. The van der Waals surface area contributed by atoms with Gasteiger partial charge in [-0.3, -0.25) is 29.4 Å². The number of nitro groups is 1. The molecule has 2 aromatic rings. The fraction of sp³-hybridized carbons (Fsp3) is 0.0556. The summed E-state index contributed by atoms with van der Waals surface area (Å²) < 4.78 is 13.2. The minimum Gasteiger partial charge on any atom is -0.324 e. The van der Waals surface area contributed by atoms with Crippen molar-refractivity contribution in [2.24, 2.45) is 0 Å². The Labute approximate surface area is 182 Å². The molecular weight excluding hydrogens is 460 g/mol. The molecule has 12 heteroatoms. The Kier molecular flexibility index (Phi) is 6.40. The molecule has 0 saturated carbocycles. The number of nitrogens with one attached hydrogen (secondary N) is 1. The molecule has 3 amide bonds. The van der Waals surface area contributed by atoms with Gasteiger partial charge >= 0.3 is 0 Å². The lowest BCUT2D eigenvalue weighted by atomic mass is 10.2. The first-order valence-electron chi connectivity index (χ1n) is 8.10. The van der Waals surface area contributed by atoms with Gasteiger partial charge in [-0.1, -0.05) is 23.2 Å². The van der Waals surface area contributed by atoms with E-state index in [-0.39, 0.29) is 31.9 Å². The summed E-state index contributed by atoms with van der Waals surface area (Å²) in [7, 11) is 0. The maximum Gasteiger partial charge on any atom is 0.294 e. The number of anilines is 1. The Morgan fingerprint density at radius 2 is 1.93 bits per heavy atom. The second-order valence-electron chi connectivity index (χ2n) is 5.91. The van der Waals surface area contributed by atoms with Gasteiger partial charge in [0.2, 0.25) is 5.91 Å². The van der Waals surface area contributed by atoms with Crippen molar-refractivity contribution in [3.05, 3.63) is 72.8 Å². The fourth-order valence-electron chi connectivity index (χ4n) is 2.45. The van der Waals surface area contributed by atoms with Gasteiger partial charge in [0.25, 0.3) is 16.8 Å². The van der Waals surface area contributed by atoms with E-state index in [0.29, 0.717) is 16.7 Å². The monoisotopic (exact) mass is 469 g/mol. The van der Waals surface area contributed by atoms with Gasteiger partial charge in [0.1, 0.15) is 12.4 Å². The minimum atomic E-state index is -0.750. The van der Waals surface area contributed by atoms with Crippen LogP contribution in [0.25, 0.3) is 6.08 Å². The van der Waals surface area contributed by atoms with Crippen molar-refractivity contribution in [2.75, 3.05) is 11.9 Å². The maximum atomic E-state index is 13.2. The van der Waals surface area contributed by atoms with Gasteiger partial charge in [-0.05, 0) is 42.1 Å². The van der Waals surface area contributed by atoms with Crippen LogP contribution in [0.2, 0.25) is 10.0 Å². The van der Waals surface area contributed by atoms with Crippen LogP contribution < -0.4 is 5.32 Å². The van der Waals surface area contributed by atoms with Crippen molar-refractivity contribution < 1.29 is 23.7 Å². The van der Waals surface area contributed by atoms with Gasteiger partial charge in [0.05, 0.1) is 14.9 Å². The van der Waals surface area contributed by atoms with Crippen molar-refractivity contribution >= 4 is 69.5 Å². The molecule has 0 bridgehead atoms. The molecule has 30 heavy (non-hydrogen) atoms. The number of thioether (sulfide) groups is 1. The second-order valence-corrected chi connectivity index (χ2v) is 7.72. The molecule has 0 atom stereocenters. The van der Waals surface area contributed by atoms with Gasteiger partial charge < -0.3 is 5.32 Å². The summed E-state index contributed by atoms with van der Waals surface area (Å²) in [5.74, 6) is -2.11. The van der Waals surface area contributed by atoms with E-state index >= 15 is 0 Å². The van der Waals surface area contributed by atoms with E-state index in [9.17, 15) is 28.9 Å². The van der Waals surface area contributed by atoms with Crippen LogP contribution in [0.5, 0.6) is 0 Å². The van der Waals surface area contributed by atoms with Gasteiger partial charge in [0, 0.05) is 28.4 Å². The first-order chi connectivity index (χ1) is 14.2. The molecule has 0 aromatic heterocycles. The van der Waals surface area contributed by atoms with Crippen molar-refractivity contribution in [2.45, 2.75) is 0 Å². The third-order valence-corrected chi connectivity index (χ3v) is 5.40. The summed E-state index contributed by atoms with van der Waals surface area (Å²) in [4.78, 5) is 47.8. The zero-order chi connectivity index (χ0) is 22.0. The standard InChI is InChI=1S/C18H10Cl2FN3O5S/c19-12-3-2-11(24(28)29)5-9(12)6-15-17(26)23(18(27)30-15)8-16(25)22-10-1-4-14(21)13(20)7-10/h1-7H,8H2,(H,22,25)/b15-6-. The van der Waals surface area contributed by atoms with Crippen LogP contribution in [-0.4, -0.2) is 33.4 Å². The molecule has 0 radical (unpaired) electrons. The molecule has 3 rings (SSSR count). The van der Waals surface area contributed by atoms with Crippen molar-refractivity contribution in [3.63, 3.8) is 0 Å². The van der Waals surface area contributed by atoms with Crippen LogP contribution in [0.3, 0.4) is 0 Å². The number of non-ortho nitro benzene ring substituents is 1. The summed E-state index contributed by atoms with van der Waals surface area (Å²) in [6, 6.07) is 7.20. The van der Waals surface area contributed by atoms with E-state index in [4.69, 9.17) is 23.2 Å². The lowest BCUT2D eigenvalue weighted by Crippen LogP contribution is -2.36. The number of halogens is 3. The van der Waals surface area contributed by atoms with E-state index < -0.39 is 34.3 Å². The SMILES string of the molecule is O=C(CN1C(=O)S/C(=C\c2cc([N+](=O)[O-])ccc2Cl)C1=O)Nc1ccc(F)c(Cl)c1. The highest BCUT2D eigenvalue weighted by molar-refractivity contribution is 8.18. The van der Waals surface area contributed by atoms with Crippen LogP contribution in [0.1, 0.15) is 5.56 Å². The average molecular weight is 470 g/mol. The van der Waals surface area contributed by atoms with E-state index in [2.05, 4.69) is 5.32 Å². The Bertz CT molecular complexity index is 1120. The molecule has 8 nitrogen and oxygen atoms in total. The number of amides is 3. The number of nitrogens with zero attached hydrogens (tertiary/aromatic N) is 2. The number of carbonyl (C=O) groups excluding carboxylic acids is 3. The maximum absolute atomic E-state index is 13.2. The predicted molar refractivity (Wildman–Crippen MR) is 111 cm³/mol. The Morgan fingerprint density at radius 1 is 1.20 bits per heavy atom. The second kappa shape index (κ2) is 8.82. The van der Waals surface area contributed by atoms with Gasteiger partial charge in [-0.15, -0.1) is 0 Å². The summed E-state index contributed by atoms with van der Waals surface area (Å²) >= 11 is 12.2. The molecule has 1 N–H and O–H groups in total. The summed E-state index contributed by atoms with van der Waals surface area (Å²) in [5.41, 5.74) is 0.140. The van der Waals surface area contributed by atoms with E-state index in [1.54, 1.807) is 0 Å². The molecule has 0 aliphatic carbocycles. The zero-order valence-electron chi connectivity index (χ0n) is 14.7. The Balaban J connectivity index is 1.75. The number of hydrogen-bond donors (Lipinski definition) is 1. The first-order valence-corrected chi connectivity index (χ1v) is 9.67. The molecular formula is C18H10Cl2FN3O5S. The molecule has 1 aliphatic rings. The van der Waals surface area contributed by atoms with Crippen LogP contribution in [-0.2, 0) is 9.59 Å². The lowest BCUT2D eigenvalue weighted by Gasteiger charge is -2.12. The quantitative estimate of drug-likeness (QED) is 0.385. The Morgan fingerprint density at radius 3 is 2.60 bits per heavy atom. The van der Waals surface area contributed by atoms with E-state index in [0.717, 1.165) is 6.07 Å². The van der Waals surface area contributed by atoms with Crippen molar-refractivity contribution in [1.29, 1.82) is 0 Å². The van der Waals surface area contributed by atoms with E-state index in [1.807, 2.05) is 0 Å². The van der Waals surface area contributed by atoms with Crippen LogP contribution in [0.15, 0.2) is 41.3 Å². The minimum absolute atomic E-state index is 0.0416. The average Bonchev–Trinajstić information content (AvgIpc) is 2.93. The van der Waals surface area contributed by atoms with Crippen molar-refractivity contribution in [3.8, 4) is 0 Å². The lowest BCUT2D eigenvalue weighted by molar-refractivity contribution is -0.384. The number of rotatable bonds is 5. The smallest absolute Gasteiger partial charge is 0.294 e. The highest BCUT2D eigenvalue weighted by Gasteiger charge is 2.36. The van der Waals surface area contributed by atoms with Gasteiger partial charge in [0.15, 0.2) is 0 Å². The first kappa shape index (κ1) is 21.8. The molecule has 0 unspecified atom stereocenters. The van der Waals surface area contributed by atoms with Gasteiger partial charge in [-0.2, -0.15) is 0 Å². The normalized spacial score (nSPS) is 15.0.